The van der Waals surface area contributed by atoms with Gasteiger partial charge in [0, 0.05) is 11.1 Å². The van der Waals surface area contributed by atoms with Crippen LogP contribution in [-0.4, -0.2) is 31.6 Å². The standard InChI is InChI=1S/C19H15ClN4O3/c20-12-6-2-1-5-11(12)14(10-18(25)26)22-19(27)15-9-17-21-13-7-3-4-8-16(13)24(17)23-15/h1-9,14,21H,10H2,(H,22,27)(H,25,26)/t14-/m0/s1. The van der Waals surface area contributed by atoms with Crippen molar-refractivity contribution in [3.05, 3.63) is 70.9 Å². The number of para-hydroxylation sites is 2. The van der Waals surface area contributed by atoms with Crippen LogP contribution in [0.15, 0.2) is 54.6 Å². The summed E-state index contributed by atoms with van der Waals surface area (Å²) in [4.78, 5) is 27.1. The van der Waals surface area contributed by atoms with Crippen molar-refractivity contribution in [2.75, 3.05) is 0 Å². The summed E-state index contributed by atoms with van der Waals surface area (Å²) in [5, 5.41) is 16.7. The van der Waals surface area contributed by atoms with Gasteiger partial charge in [-0.3, -0.25) is 9.59 Å². The Bertz CT molecular complexity index is 1160. The molecule has 0 fully saturated rings. The van der Waals surface area contributed by atoms with Gasteiger partial charge in [0.05, 0.1) is 23.5 Å². The van der Waals surface area contributed by atoms with E-state index in [-0.39, 0.29) is 12.1 Å². The first kappa shape index (κ1) is 17.1. The molecule has 0 bridgehead atoms. The molecule has 4 rings (SSSR count). The Labute approximate surface area is 158 Å². The van der Waals surface area contributed by atoms with Crippen LogP contribution >= 0.6 is 11.6 Å². The molecule has 0 aliphatic rings. The SMILES string of the molecule is O=C(O)C[C@H](NC(=O)c1cc2[nH]c3ccccc3n2n1)c1ccccc1Cl. The zero-order chi connectivity index (χ0) is 19.0. The first-order chi connectivity index (χ1) is 13.0. The largest absolute Gasteiger partial charge is 0.481 e. The molecule has 0 radical (unpaired) electrons. The molecule has 0 saturated heterocycles. The Balaban J connectivity index is 1.65. The molecule has 7 nitrogen and oxygen atoms in total. The maximum absolute atomic E-state index is 12.7. The molecule has 1 atom stereocenters. The van der Waals surface area contributed by atoms with Crippen LogP contribution in [0, 0.1) is 0 Å². The molecule has 0 unspecified atom stereocenters. The van der Waals surface area contributed by atoms with E-state index in [1.165, 1.54) is 0 Å². The fraction of sp³-hybridized carbons (Fsp3) is 0.105. The van der Waals surface area contributed by atoms with Crippen LogP contribution in [0.1, 0.15) is 28.5 Å². The number of nitrogens with one attached hydrogen (secondary N) is 2. The smallest absolute Gasteiger partial charge is 0.305 e. The zero-order valence-corrected chi connectivity index (χ0v) is 14.8. The topological polar surface area (TPSA) is 99.5 Å². The highest BCUT2D eigenvalue weighted by molar-refractivity contribution is 6.31. The highest BCUT2D eigenvalue weighted by Gasteiger charge is 2.23. The number of imidazole rings is 1. The van der Waals surface area contributed by atoms with E-state index in [4.69, 9.17) is 11.6 Å². The van der Waals surface area contributed by atoms with Gasteiger partial charge < -0.3 is 15.4 Å². The number of fused-ring (bicyclic) bond motifs is 3. The van der Waals surface area contributed by atoms with Crippen LogP contribution in [0.2, 0.25) is 5.02 Å². The quantitative estimate of drug-likeness (QED) is 0.492. The van der Waals surface area contributed by atoms with Crippen LogP contribution in [0.25, 0.3) is 16.7 Å². The highest BCUT2D eigenvalue weighted by atomic mass is 35.5. The summed E-state index contributed by atoms with van der Waals surface area (Å²) in [6.45, 7) is 0. The molecule has 8 heteroatoms. The van der Waals surface area contributed by atoms with Gasteiger partial charge in [0.15, 0.2) is 5.69 Å². The maximum Gasteiger partial charge on any atom is 0.305 e. The third-order valence-electron chi connectivity index (χ3n) is 4.30. The molecular weight excluding hydrogens is 368 g/mol. The predicted octanol–water partition coefficient (Wildman–Crippen LogP) is 3.41. The second-order valence-electron chi connectivity index (χ2n) is 6.11. The number of rotatable bonds is 5. The second-order valence-corrected chi connectivity index (χ2v) is 6.52. The van der Waals surface area contributed by atoms with E-state index in [1.54, 1.807) is 34.8 Å². The minimum atomic E-state index is -1.04. The number of hydrogen-bond donors (Lipinski definition) is 3. The van der Waals surface area contributed by atoms with Gasteiger partial charge in [-0.2, -0.15) is 5.10 Å². The lowest BCUT2D eigenvalue weighted by Gasteiger charge is -2.18. The summed E-state index contributed by atoms with van der Waals surface area (Å²) in [5.74, 6) is -1.51. The summed E-state index contributed by atoms with van der Waals surface area (Å²) in [5.41, 5.74) is 3.17. The molecule has 0 aliphatic carbocycles. The van der Waals surface area contributed by atoms with Gasteiger partial charge in [0.1, 0.15) is 5.65 Å². The summed E-state index contributed by atoms with van der Waals surface area (Å²) >= 11 is 6.18. The van der Waals surface area contributed by atoms with Gasteiger partial charge in [-0.05, 0) is 23.8 Å². The number of aliphatic carboxylic acids is 1. The van der Waals surface area contributed by atoms with Crippen molar-refractivity contribution < 1.29 is 14.7 Å². The van der Waals surface area contributed by atoms with Crippen LogP contribution in [-0.2, 0) is 4.79 Å². The molecular formula is C19H15ClN4O3. The summed E-state index contributed by atoms with van der Waals surface area (Å²) in [7, 11) is 0. The molecule has 2 aromatic heterocycles. The van der Waals surface area contributed by atoms with E-state index in [9.17, 15) is 14.7 Å². The Hall–Kier alpha value is -3.32. The third-order valence-corrected chi connectivity index (χ3v) is 4.65. The maximum atomic E-state index is 12.7. The third kappa shape index (κ3) is 3.24. The van der Waals surface area contributed by atoms with E-state index in [1.807, 2.05) is 24.3 Å². The number of carbonyl (C=O) groups is 2. The lowest BCUT2D eigenvalue weighted by atomic mass is 10.0. The molecule has 2 heterocycles. The molecule has 0 aliphatic heterocycles. The Kier molecular flexibility index (Phi) is 4.29. The van der Waals surface area contributed by atoms with Gasteiger partial charge in [-0.1, -0.05) is 41.9 Å². The van der Waals surface area contributed by atoms with Crippen molar-refractivity contribution >= 4 is 40.2 Å². The minimum absolute atomic E-state index is 0.189. The molecule has 0 spiro atoms. The number of H-pyrrole nitrogens is 1. The fourth-order valence-electron chi connectivity index (χ4n) is 3.07. The number of carboxylic acids is 1. The van der Waals surface area contributed by atoms with Crippen molar-refractivity contribution in [2.24, 2.45) is 0 Å². The van der Waals surface area contributed by atoms with E-state index in [0.29, 0.717) is 16.2 Å². The van der Waals surface area contributed by atoms with E-state index in [0.717, 1.165) is 11.0 Å². The zero-order valence-electron chi connectivity index (χ0n) is 14.0. The molecule has 0 saturated carbocycles. The average molecular weight is 383 g/mol. The average Bonchev–Trinajstić information content (AvgIpc) is 3.19. The number of aromatic amines is 1. The summed E-state index contributed by atoms with van der Waals surface area (Å²) in [6.07, 6.45) is -0.288. The van der Waals surface area contributed by atoms with Crippen molar-refractivity contribution in [2.45, 2.75) is 12.5 Å². The van der Waals surface area contributed by atoms with Crippen LogP contribution in [0.3, 0.4) is 0 Å². The number of carbonyl (C=O) groups excluding carboxylic acids is 1. The molecule has 2 aromatic carbocycles. The number of carboxylic acid groups (broad SMARTS) is 1. The molecule has 4 aromatic rings. The second kappa shape index (κ2) is 6.77. The number of benzene rings is 2. The van der Waals surface area contributed by atoms with Crippen molar-refractivity contribution in [3.63, 3.8) is 0 Å². The Morgan fingerprint density at radius 1 is 1.19 bits per heavy atom. The van der Waals surface area contributed by atoms with Crippen LogP contribution in [0.4, 0.5) is 0 Å². The summed E-state index contributed by atoms with van der Waals surface area (Å²) < 4.78 is 1.64. The molecule has 3 N–H and O–H groups in total. The number of amides is 1. The van der Waals surface area contributed by atoms with Crippen molar-refractivity contribution in [3.8, 4) is 0 Å². The monoisotopic (exact) mass is 382 g/mol. The normalized spacial score (nSPS) is 12.3. The predicted molar refractivity (Wildman–Crippen MR) is 101 cm³/mol. The van der Waals surface area contributed by atoms with Crippen LogP contribution < -0.4 is 5.32 Å². The van der Waals surface area contributed by atoms with E-state index in [2.05, 4.69) is 15.4 Å². The van der Waals surface area contributed by atoms with E-state index < -0.39 is 17.9 Å². The number of aromatic nitrogens is 3. The van der Waals surface area contributed by atoms with Gasteiger partial charge in [-0.15, -0.1) is 0 Å². The van der Waals surface area contributed by atoms with E-state index >= 15 is 0 Å². The van der Waals surface area contributed by atoms with Gasteiger partial charge >= 0.3 is 5.97 Å². The van der Waals surface area contributed by atoms with Crippen molar-refractivity contribution in [1.29, 1.82) is 0 Å². The van der Waals surface area contributed by atoms with Gasteiger partial charge in [-0.25, -0.2) is 4.52 Å². The summed E-state index contributed by atoms with van der Waals surface area (Å²) in [6, 6.07) is 15.3. The first-order valence-electron chi connectivity index (χ1n) is 8.26. The highest BCUT2D eigenvalue weighted by Crippen LogP contribution is 2.25. The van der Waals surface area contributed by atoms with Crippen LogP contribution in [0.5, 0.6) is 0 Å². The molecule has 136 valence electrons. The number of hydrogen-bond acceptors (Lipinski definition) is 3. The molecule has 27 heavy (non-hydrogen) atoms. The fourth-order valence-corrected chi connectivity index (χ4v) is 3.34. The first-order valence-corrected chi connectivity index (χ1v) is 8.64. The number of nitrogens with zero attached hydrogens (tertiary/aromatic N) is 2. The lowest BCUT2D eigenvalue weighted by Crippen LogP contribution is -2.30. The van der Waals surface area contributed by atoms with Crippen molar-refractivity contribution in [1.82, 2.24) is 19.9 Å². The molecule has 1 amide bonds. The minimum Gasteiger partial charge on any atom is -0.481 e. The number of halogens is 1. The van der Waals surface area contributed by atoms with Gasteiger partial charge in [0.25, 0.3) is 5.91 Å². The lowest BCUT2D eigenvalue weighted by molar-refractivity contribution is -0.137. The Morgan fingerprint density at radius 2 is 1.93 bits per heavy atom. The Morgan fingerprint density at radius 3 is 2.70 bits per heavy atom. The van der Waals surface area contributed by atoms with Gasteiger partial charge in [0.2, 0.25) is 0 Å².